The third-order valence-corrected chi connectivity index (χ3v) is 2.76. The summed E-state index contributed by atoms with van der Waals surface area (Å²) in [4.78, 5) is 10.7. The molecule has 1 aromatic heterocycles. The monoisotopic (exact) mass is 222 g/mol. The van der Waals surface area contributed by atoms with Crippen LogP contribution >= 0.6 is 0 Å². The van der Waals surface area contributed by atoms with Gasteiger partial charge in [0, 0.05) is 10.9 Å². The Morgan fingerprint density at radius 3 is 2.53 bits per heavy atom. The summed E-state index contributed by atoms with van der Waals surface area (Å²) in [6, 6.07) is 17.7. The van der Waals surface area contributed by atoms with Crippen molar-refractivity contribution >= 4 is 17.3 Å². The molecular weight excluding hydrogens is 212 g/mol. The smallest absolute Gasteiger partial charge is 0.185 e. The number of furan rings is 1. The molecule has 17 heavy (non-hydrogen) atoms. The fourth-order valence-corrected chi connectivity index (χ4v) is 1.99. The lowest BCUT2D eigenvalue weighted by Gasteiger charge is -2.01. The highest BCUT2D eigenvalue weighted by Gasteiger charge is 2.08. The van der Waals surface area contributed by atoms with Gasteiger partial charge in [-0.2, -0.15) is 0 Å². The Bertz CT molecular complexity index is 666. The second-order valence-electron chi connectivity index (χ2n) is 3.86. The van der Waals surface area contributed by atoms with Crippen LogP contribution in [0.1, 0.15) is 10.6 Å². The molecule has 2 nitrogen and oxygen atoms in total. The van der Waals surface area contributed by atoms with E-state index in [9.17, 15) is 4.79 Å². The van der Waals surface area contributed by atoms with Crippen molar-refractivity contribution in [1.29, 1.82) is 0 Å². The standard InChI is InChI=1S/C15H10O2/c16-10-13-9-12-7-4-8-14(15(12)17-13)11-5-2-1-3-6-11/h1-10H. The van der Waals surface area contributed by atoms with Crippen LogP contribution in [-0.4, -0.2) is 6.29 Å². The van der Waals surface area contributed by atoms with Gasteiger partial charge >= 0.3 is 0 Å². The van der Waals surface area contributed by atoms with Crippen LogP contribution in [0, 0.1) is 0 Å². The Kier molecular flexibility index (Phi) is 2.26. The van der Waals surface area contributed by atoms with Gasteiger partial charge in [0.2, 0.25) is 0 Å². The Morgan fingerprint density at radius 2 is 1.76 bits per heavy atom. The zero-order valence-electron chi connectivity index (χ0n) is 9.09. The molecule has 0 N–H and O–H groups in total. The normalized spacial score (nSPS) is 10.6. The van der Waals surface area contributed by atoms with Crippen molar-refractivity contribution in [3.05, 3.63) is 60.4 Å². The molecule has 0 amide bonds. The molecular formula is C15H10O2. The predicted octanol–water partition coefficient (Wildman–Crippen LogP) is 3.91. The van der Waals surface area contributed by atoms with Crippen LogP contribution in [0.25, 0.3) is 22.1 Å². The second kappa shape index (κ2) is 3.91. The number of hydrogen-bond donors (Lipinski definition) is 0. The number of hydrogen-bond acceptors (Lipinski definition) is 2. The van der Waals surface area contributed by atoms with E-state index in [4.69, 9.17) is 4.42 Å². The maximum absolute atomic E-state index is 10.7. The number of benzene rings is 2. The Balaban J connectivity index is 2.29. The van der Waals surface area contributed by atoms with Crippen molar-refractivity contribution in [3.8, 4) is 11.1 Å². The second-order valence-corrected chi connectivity index (χ2v) is 3.86. The summed E-state index contributed by atoms with van der Waals surface area (Å²) >= 11 is 0. The number of fused-ring (bicyclic) bond motifs is 1. The maximum atomic E-state index is 10.7. The average molecular weight is 222 g/mol. The molecule has 0 saturated carbocycles. The summed E-state index contributed by atoms with van der Waals surface area (Å²) in [6.07, 6.45) is 0.731. The minimum atomic E-state index is 0.364. The first-order chi connectivity index (χ1) is 8.38. The highest BCUT2D eigenvalue weighted by atomic mass is 16.3. The van der Waals surface area contributed by atoms with Gasteiger partial charge in [-0.1, -0.05) is 48.5 Å². The summed E-state index contributed by atoms with van der Waals surface area (Å²) in [5, 5.41) is 0.952. The maximum Gasteiger partial charge on any atom is 0.185 e. The molecule has 0 atom stereocenters. The molecule has 2 aromatic carbocycles. The van der Waals surface area contributed by atoms with Crippen LogP contribution < -0.4 is 0 Å². The average Bonchev–Trinajstić information content (AvgIpc) is 2.82. The fourth-order valence-electron chi connectivity index (χ4n) is 1.99. The highest BCUT2D eigenvalue weighted by molar-refractivity contribution is 5.95. The molecule has 0 aliphatic heterocycles. The van der Waals surface area contributed by atoms with Gasteiger partial charge in [0.25, 0.3) is 0 Å². The summed E-state index contributed by atoms with van der Waals surface area (Å²) in [5.41, 5.74) is 2.86. The van der Waals surface area contributed by atoms with Crippen molar-refractivity contribution in [1.82, 2.24) is 0 Å². The number of para-hydroxylation sites is 1. The lowest BCUT2D eigenvalue weighted by atomic mass is 10.0. The summed E-state index contributed by atoms with van der Waals surface area (Å²) < 4.78 is 5.53. The lowest BCUT2D eigenvalue weighted by molar-refractivity contribution is 0.110. The van der Waals surface area contributed by atoms with Gasteiger partial charge < -0.3 is 4.42 Å². The van der Waals surface area contributed by atoms with Gasteiger partial charge in [-0.05, 0) is 11.6 Å². The van der Waals surface area contributed by atoms with E-state index in [-0.39, 0.29) is 0 Å². The summed E-state index contributed by atoms with van der Waals surface area (Å²) in [7, 11) is 0. The van der Waals surface area contributed by atoms with Crippen molar-refractivity contribution in [2.75, 3.05) is 0 Å². The van der Waals surface area contributed by atoms with Gasteiger partial charge in [0.1, 0.15) is 5.58 Å². The highest BCUT2D eigenvalue weighted by Crippen LogP contribution is 2.30. The number of carbonyl (C=O) groups excluding carboxylic acids is 1. The molecule has 1 heterocycles. The molecule has 0 aliphatic rings. The van der Waals surface area contributed by atoms with Crippen LogP contribution in [-0.2, 0) is 0 Å². The number of rotatable bonds is 2. The topological polar surface area (TPSA) is 30.2 Å². The molecule has 0 saturated heterocycles. The van der Waals surface area contributed by atoms with Gasteiger partial charge in [-0.25, -0.2) is 0 Å². The van der Waals surface area contributed by atoms with E-state index < -0.39 is 0 Å². The van der Waals surface area contributed by atoms with Crippen molar-refractivity contribution in [2.24, 2.45) is 0 Å². The van der Waals surface area contributed by atoms with Crippen molar-refractivity contribution < 1.29 is 9.21 Å². The number of aldehydes is 1. The minimum Gasteiger partial charge on any atom is -0.453 e. The Morgan fingerprint density at radius 1 is 0.941 bits per heavy atom. The van der Waals surface area contributed by atoms with E-state index in [0.717, 1.165) is 28.4 Å². The summed E-state index contributed by atoms with van der Waals surface area (Å²) in [6.45, 7) is 0. The van der Waals surface area contributed by atoms with Crippen LogP contribution in [0.5, 0.6) is 0 Å². The van der Waals surface area contributed by atoms with E-state index in [2.05, 4.69) is 0 Å². The van der Waals surface area contributed by atoms with Gasteiger partial charge in [0.15, 0.2) is 12.0 Å². The molecule has 0 unspecified atom stereocenters. The zero-order chi connectivity index (χ0) is 11.7. The first-order valence-corrected chi connectivity index (χ1v) is 5.41. The molecule has 3 rings (SSSR count). The molecule has 0 spiro atoms. The van der Waals surface area contributed by atoms with Crippen LogP contribution in [0.3, 0.4) is 0 Å². The van der Waals surface area contributed by atoms with E-state index in [0.29, 0.717) is 5.76 Å². The van der Waals surface area contributed by atoms with Crippen molar-refractivity contribution in [2.45, 2.75) is 0 Å². The third-order valence-electron chi connectivity index (χ3n) is 2.76. The van der Waals surface area contributed by atoms with Crippen LogP contribution in [0.4, 0.5) is 0 Å². The molecule has 0 aliphatic carbocycles. The van der Waals surface area contributed by atoms with Crippen molar-refractivity contribution in [3.63, 3.8) is 0 Å². The lowest BCUT2D eigenvalue weighted by Crippen LogP contribution is -1.77. The number of carbonyl (C=O) groups is 1. The van der Waals surface area contributed by atoms with Gasteiger partial charge in [-0.3, -0.25) is 4.79 Å². The summed E-state index contributed by atoms with van der Waals surface area (Å²) in [5.74, 6) is 0.364. The molecule has 82 valence electrons. The van der Waals surface area contributed by atoms with E-state index >= 15 is 0 Å². The van der Waals surface area contributed by atoms with Crippen LogP contribution in [0.2, 0.25) is 0 Å². The first-order valence-electron chi connectivity index (χ1n) is 5.41. The minimum absolute atomic E-state index is 0.364. The molecule has 3 aromatic rings. The van der Waals surface area contributed by atoms with E-state index in [1.165, 1.54) is 0 Å². The van der Waals surface area contributed by atoms with E-state index in [1.54, 1.807) is 6.07 Å². The SMILES string of the molecule is O=Cc1cc2cccc(-c3ccccc3)c2o1. The van der Waals surface area contributed by atoms with E-state index in [1.807, 2.05) is 48.5 Å². The Hall–Kier alpha value is -2.35. The predicted molar refractivity (Wildman–Crippen MR) is 67.0 cm³/mol. The fraction of sp³-hybridized carbons (Fsp3) is 0. The molecule has 2 heteroatoms. The van der Waals surface area contributed by atoms with Gasteiger partial charge in [-0.15, -0.1) is 0 Å². The Labute approximate surface area is 98.5 Å². The largest absolute Gasteiger partial charge is 0.453 e. The third kappa shape index (κ3) is 1.64. The molecule has 0 radical (unpaired) electrons. The zero-order valence-corrected chi connectivity index (χ0v) is 9.09. The molecule has 0 bridgehead atoms. The first kappa shape index (κ1) is 9.85. The quantitative estimate of drug-likeness (QED) is 0.615. The molecule has 0 fully saturated rings. The van der Waals surface area contributed by atoms with Crippen LogP contribution in [0.15, 0.2) is 59.0 Å². The van der Waals surface area contributed by atoms with Gasteiger partial charge in [0.05, 0.1) is 0 Å².